The Morgan fingerprint density at radius 3 is 2.69 bits per heavy atom. The van der Waals surface area contributed by atoms with E-state index in [1.165, 1.54) is 5.56 Å². The van der Waals surface area contributed by atoms with Crippen molar-refractivity contribution < 1.29 is 4.79 Å². The molecule has 0 bridgehead atoms. The maximum atomic E-state index is 10.2. The monoisotopic (exact) mass is 214 g/mol. The number of nitrogens with zero attached hydrogens (tertiary/aromatic N) is 1. The SMILES string of the molecule is O=CCCCc1ccc(-c2ncc[nH]2)cc1. The lowest BCUT2D eigenvalue weighted by Crippen LogP contribution is -1.87. The highest BCUT2D eigenvalue weighted by Gasteiger charge is 1.99. The zero-order valence-corrected chi connectivity index (χ0v) is 9.02. The molecule has 0 aliphatic carbocycles. The zero-order valence-electron chi connectivity index (χ0n) is 9.02. The van der Waals surface area contributed by atoms with Gasteiger partial charge in [0.1, 0.15) is 12.1 Å². The van der Waals surface area contributed by atoms with Gasteiger partial charge in [-0.3, -0.25) is 0 Å². The molecule has 2 aromatic rings. The molecular weight excluding hydrogens is 200 g/mol. The van der Waals surface area contributed by atoms with Crippen molar-refractivity contribution in [1.82, 2.24) is 9.97 Å². The predicted molar refractivity (Wildman–Crippen MR) is 63.0 cm³/mol. The summed E-state index contributed by atoms with van der Waals surface area (Å²) < 4.78 is 0. The fourth-order valence-corrected chi connectivity index (χ4v) is 1.64. The maximum absolute atomic E-state index is 10.2. The van der Waals surface area contributed by atoms with Crippen molar-refractivity contribution in [2.24, 2.45) is 0 Å². The van der Waals surface area contributed by atoms with Gasteiger partial charge in [-0.05, 0) is 18.4 Å². The first-order chi connectivity index (χ1) is 7.90. The molecular formula is C13H14N2O. The molecule has 3 heteroatoms. The molecule has 2 rings (SSSR count). The second kappa shape index (κ2) is 5.26. The number of unbranched alkanes of at least 4 members (excludes halogenated alkanes) is 1. The Morgan fingerprint density at radius 1 is 1.25 bits per heavy atom. The number of nitrogens with one attached hydrogen (secondary N) is 1. The van der Waals surface area contributed by atoms with Gasteiger partial charge in [0.25, 0.3) is 0 Å². The molecule has 1 heterocycles. The van der Waals surface area contributed by atoms with Gasteiger partial charge < -0.3 is 9.78 Å². The number of aromatic amines is 1. The Hall–Kier alpha value is -1.90. The van der Waals surface area contributed by atoms with E-state index in [0.29, 0.717) is 6.42 Å². The van der Waals surface area contributed by atoms with Crippen molar-refractivity contribution >= 4 is 6.29 Å². The summed E-state index contributed by atoms with van der Waals surface area (Å²) in [5.74, 6) is 0.888. The Kier molecular flexibility index (Phi) is 3.49. The number of carbonyl (C=O) groups excluding carboxylic acids is 1. The molecule has 3 nitrogen and oxygen atoms in total. The first kappa shape index (κ1) is 10.6. The van der Waals surface area contributed by atoms with Crippen molar-refractivity contribution in [3.63, 3.8) is 0 Å². The van der Waals surface area contributed by atoms with Crippen molar-refractivity contribution in [3.05, 3.63) is 42.2 Å². The first-order valence-corrected chi connectivity index (χ1v) is 5.42. The van der Waals surface area contributed by atoms with Crippen LogP contribution in [-0.4, -0.2) is 16.3 Å². The van der Waals surface area contributed by atoms with E-state index >= 15 is 0 Å². The van der Waals surface area contributed by atoms with Crippen LogP contribution in [0.2, 0.25) is 0 Å². The highest BCUT2D eigenvalue weighted by molar-refractivity contribution is 5.55. The van der Waals surface area contributed by atoms with E-state index in [2.05, 4.69) is 34.2 Å². The molecule has 1 aromatic carbocycles. The maximum Gasteiger partial charge on any atom is 0.137 e. The molecule has 0 amide bonds. The van der Waals surface area contributed by atoms with Gasteiger partial charge in [-0.1, -0.05) is 24.3 Å². The van der Waals surface area contributed by atoms with E-state index in [1.807, 2.05) is 6.20 Å². The fraction of sp³-hybridized carbons (Fsp3) is 0.231. The molecule has 0 saturated heterocycles. The fourth-order valence-electron chi connectivity index (χ4n) is 1.64. The molecule has 82 valence electrons. The minimum Gasteiger partial charge on any atom is -0.345 e. The Morgan fingerprint density at radius 2 is 2.06 bits per heavy atom. The third-order valence-electron chi connectivity index (χ3n) is 2.51. The van der Waals surface area contributed by atoms with Gasteiger partial charge in [0.15, 0.2) is 0 Å². The molecule has 1 aromatic heterocycles. The van der Waals surface area contributed by atoms with E-state index < -0.39 is 0 Å². The normalized spacial score (nSPS) is 10.2. The molecule has 0 unspecified atom stereocenters. The molecule has 0 atom stereocenters. The largest absolute Gasteiger partial charge is 0.345 e. The number of carbonyl (C=O) groups is 1. The van der Waals surface area contributed by atoms with E-state index in [1.54, 1.807) is 6.20 Å². The molecule has 0 spiro atoms. The van der Waals surface area contributed by atoms with Gasteiger partial charge in [-0.25, -0.2) is 4.98 Å². The van der Waals surface area contributed by atoms with Crippen molar-refractivity contribution in [3.8, 4) is 11.4 Å². The van der Waals surface area contributed by atoms with Crippen molar-refractivity contribution in [2.75, 3.05) is 0 Å². The standard InChI is InChI=1S/C13H14N2O/c16-10-2-1-3-11-4-6-12(7-5-11)13-14-8-9-15-13/h4-10H,1-3H2,(H,14,15). The molecule has 0 aliphatic rings. The van der Waals surface area contributed by atoms with Gasteiger partial charge in [-0.15, -0.1) is 0 Å². The average Bonchev–Trinajstić information content (AvgIpc) is 2.84. The summed E-state index contributed by atoms with van der Waals surface area (Å²) in [7, 11) is 0. The number of aromatic nitrogens is 2. The highest BCUT2D eigenvalue weighted by Crippen LogP contribution is 2.15. The first-order valence-electron chi connectivity index (χ1n) is 5.42. The number of aldehydes is 1. The molecule has 0 fully saturated rings. The minimum atomic E-state index is 0.639. The summed E-state index contributed by atoms with van der Waals surface area (Å²) in [6, 6.07) is 8.27. The van der Waals surface area contributed by atoms with Crippen LogP contribution in [0.25, 0.3) is 11.4 Å². The number of imidazole rings is 1. The number of hydrogen-bond donors (Lipinski definition) is 1. The third kappa shape index (κ3) is 2.57. The van der Waals surface area contributed by atoms with Crippen LogP contribution in [0.5, 0.6) is 0 Å². The van der Waals surface area contributed by atoms with Crippen LogP contribution in [0.1, 0.15) is 18.4 Å². The second-order valence-electron chi connectivity index (χ2n) is 3.69. The lowest BCUT2D eigenvalue weighted by molar-refractivity contribution is -0.107. The van der Waals surface area contributed by atoms with Crippen LogP contribution in [-0.2, 0) is 11.2 Å². The van der Waals surface area contributed by atoms with Gasteiger partial charge in [0, 0.05) is 24.4 Å². The zero-order chi connectivity index (χ0) is 11.2. The van der Waals surface area contributed by atoms with Gasteiger partial charge >= 0.3 is 0 Å². The molecule has 0 radical (unpaired) electrons. The van der Waals surface area contributed by atoms with Crippen LogP contribution < -0.4 is 0 Å². The number of rotatable bonds is 5. The number of aryl methyl sites for hydroxylation is 1. The number of H-pyrrole nitrogens is 1. The van der Waals surface area contributed by atoms with Crippen LogP contribution in [0.4, 0.5) is 0 Å². The lowest BCUT2D eigenvalue weighted by atomic mass is 10.1. The summed E-state index contributed by atoms with van der Waals surface area (Å²) in [5.41, 5.74) is 2.35. The Balaban J connectivity index is 2.02. The number of benzene rings is 1. The Bertz CT molecular complexity index is 431. The molecule has 0 aliphatic heterocycles. The van der Waals surface area contributed by atoms with Crippen LogP contribution >= 0.6 is 0 Å². The number of hydrogen-bond acceptors (Lipinski definition) is 2. The average molecular weight is 214 g/mol. The van der Waals surface area contributed by atoms with E-state index in [9.17, 15) is 4.79 Å². The second-order valence-corrected chi connectivity index (χ2v) is 3.69. The summed E-state index contributed by atoms with van der Waals surface area (Å²) in [6.07, 6.45) is 7.04. The van der Waals surface area contributed by atoms with Gasteiger partial charge in [0.2, 0.25) is 0 Å². The van der Waals surface area contributed by atoms with Crippen LogP contribution in [0.3, 0.4) is 0 Å². The lowest BCUT2D eigenvalue weighted by Gasteiger charge is -2.01. The summed E-state index contributed by atoms with van der Waals surface area (Å²) in [5, 5.41) is 0. The quantitative estimate of drug-likeness (QED) is 0.614. The van der Waals surface area contributed by atoms with E-state index in [0.717, 1.165) is 30.5 Å². The minimum absolute atomic E-state index is 0.639. The van der Waals surface area contributed by atoms with Crippen molar-refractivity contribution in [2.45, 2.75) is 19.3 Å². The highest BCUT2D eigenvalue weighted by atomic mass is 16.1. The van der Waals surface area contributed by atoms with Crippen molar-refractivity contribution in [1.29, 1.82) is 0 Å². The van der Waals surface area contributed by atoms with Gasteiger partial charge in [0.05, 0.1) is 0 Å². The van der Waals surface area contributed by atoms with E-state index in [4.69, 9.17) is 0 Å². The summed E-state index contributed by atoms with van der Waals surface area (Å²) in [4.78, 5) is 17.4. The molecule has 0 saturated carbocycles. The van der Waals surface area contributed by atoms with Gasteiger partial charge in [-0.2, -0.15) is 0 Å². The molecule has 1 N–H and O–H groups in total. The molecule has 16 heavy (non-hydrogen) atoms. The van der Waals surface area contributed by atoms with Crippen LogP contribution in [0, 0.1) is 0 Å². The predicted octanol–water partition coefficient (Wildman–Crippen LogP) is 2.60. The van der Waals surface area contributed by atoms with E-state index in [-0.39, 0.29) is 0 Å². The van der Waals surface area contributed by atoms with Crippen LogP contribution in [0.15, 0.2) is 36.7 Å². The third-order valence-corrected chi connectivity index (χ3v) is 2.51. The summed E-state index contributed by atoms with van der Waals surface area (Å²) in [6.45, 7) is 0. The smallest absolute Gasteiger partial charge is 0.137 e. The Labute approximate surface area is 94.5 Å². The topological polar surface area (TPSA) is 45.8 Å². The summed E-state index contributed by atoms with van der Waals surface area (Å²) >= 11 is 0.